The second-order valence-electron chi connectivity index (χ2n) is 6.28. The Morgan fingerprint density at radius 2 is 1.96 bits per heavy atom. The van der Waals surface area contributed by atoms with Crippen molar-refractivity contribution in [2.45, 2.75) is 38.3 Å². The summed E-state index contributed by atoms with van der Waals surface area (Å²) in [5.74, 6) is 0.904. The molecule has 1 unspecified atom stereocenters. The van der Waals surface area contributed by atoms with Gasteiger partial charge in [0.15, 0.2) is 11.6 Å². The molecule has 1 atom stereocenters. The van der Waals surface area contributed by atoms with Gasteiger partial charge in [-0.2, -0.15) is 0 Å². The van der Waals surface area contributed by atoms with E-state index < -0.39 is 0 Å². The maximum absolute atomic E-state index is 12.9. The average molecular weight is 382 g/mol. The van der Waals surface area contributed by atoms with Crippen LogP contribution in [0.4, 0.5) is 0 Å². The fraction of sp³-hybridized carbons (Fsp3) is 0.286. The zero-order valence-electron chi connectivity index (χ0n) is 15.9. The first-order valence-electron chi connectivity index (χ1n) is 8.89. The number of thioether (sulfide) groups is 1. The zero-order chi connectivity index (χ0) is 19.4. The Morgan fingerprint density at radius 3 is 2.56 bits per heavy atom. The number of amides is 1. The Balaban J connectivity index is 1.85. The van der Waals surface area contributed by atoms with E-state index in [9.17, 15) is 4.79 Å². The molecule has 0 fully saturated rings. The first-order chi connectivity index (χ1) is 13.0. The van der Waals surface area contributed by atoms with Crippen molar-refractivity contribution >= 4 is 17.7 Å². The van der Waals surface area contributed by atoms with Crippen molar-refractivity contribution in [3.63, 3.8) is 0 Å². The maximum Gasteiger partial charge on any atom is 0.256 e. The number of rotatable bonds is 6. The van der Waals surface area contributed by atoms with E-state index in [1.54, 1.807) is 18.4 Å². The molecule has 140 valence electrons. The average Bonchev–Trinajstić information content (AvgIpc) is 3.22. The second-order valence-corrected chi connectivity index (χ2v) is 7.08. The van der Waals surface area contributed by atoms with E-state index in [1.807, 2.05) is 20.1 Å². The molecule has 1 aromatic carbocycles. The van der Waals surface area contributed by atoms with Crippen LogP contribution in [0, 0.1) is 6.92 Å². The van der Waals surface area contributed by atoms with Crippen LogP contribution in [-0.2, 0) is 6.42 Å². The Morgan fingerprint density at radius 1 is 1.22 bits per heavy atom. The highest BCUT2D eigenvalue weighted by Gasteiger charge is 2.21. The molecule has 0 aliphatic rings. The van der Waals surface area contributed by atoms with Crippen molar-refractivity contribution in [1.29, 1.82) is 0 Å². The van der Waals surface area contributed by atoms with Gasteiger partial charge in [-0.3, -0.25) is 4.79 Å². The second kappa shape index (κ2) is 8.39. The minimum atomic E-state index is -0.171. The minimum absolute atomic E-state index is 0.109. The summed E-state index contributed by atoms with van der Waals surface area (Å²) in [6.45, 7) is 5.92. The third-order valence-electron chi connectivity index (χ3n) is 4.45. The maximum atomic E-state index is 12.9. The SMILES string of the molecule is CCc1ccc(C(C)NC(=O)c2c(C)nc(-c3ccco3)nc2SC)cc1. The lowest BCUT2D eigenvalue weighted by Crippen LogP contribution is -2.28. The number of aromatic nitrogens is 2. The summed E-state index contributed by atoms with van der Waals surface area (Å²) in [5, 5.41) is 3.70. The van der Waals surface area contributed by atoms with Crippen molar-refractivity contribution in [1.82, 2.24) is 15.3 Å². The third kappa shape index (κ3) is 4.22. The number of hydrogen-bond acceptors (Lipinski definition) is 5. The molecule has 0 saturated carbocycles. The molecule has 2 heterocycles. The Kier molecular flexibility index (Phi) is 5.96. The first kappa shape index (κ1) is 19.2. The summed E-state index contributed by atoms with van der Waals surface area (Å²) in [5.41, 5.74) is 3.48. The molecule has 0 bridgehead atoms. The lowest BCUT2D eigenvalue weighted by Gasteiger charge is -2.17. The van der Waals surface area contributed by atoms with Gasteiger partial charge in [0.1, 0.15) is 5.03 Å². The molecule has 0 radical (unpaired) electrons. The van der Waals surface area contributed by atoms with Gasteiger partial charge in [-0.05, 0) is 49.8 Å². The Labute approximate surface area is 163 Å². The minimum Gasteiger partial charge on any atom is -0.461 e. The number of nitrogens with zero attached hydrogens (tertiary/aromatic N) is 2. The van der Waals surface area contributed by atoms with E-state index in [2.05, 4.69) is 46.5 Å². The summed E-state index contributed by atoms with van der Waals surface area (Å²) in [6, 6.07) is 11.8. The number of nitrogens with one attached hydrogen (secondary N) is 1. The number of carbonyl (C=O) groups is 1. The van der Waals surface area contributed by atoms with Crippen molar-refractivity contribution in [3.05, 3.63) is 65.0 Å². The monoisotopic (exact) mass is 381 g/mol. The van der Waals surface area contributed by atoms with Crippen molar-refractivity contribution in [3.8, 4) is 11.6 Å². The van der Waals surface area contributed by atoms with Gasteiger partial charge in [0.05, 0.1) is 23.6 Å². The van der Waals surface area contributed by atoms with E-state index in [0.717, 1.165) is 12.0 Å². The lowest BCUT2D eigenvalue weighted by molar-refractivity contribution is 0.0935. The third-order valence-corrected chi connectivity index (χ3v) is 5.14. The fourth-order valence-electron chi connectivity index (χ4n) is 2.87. The Hall–Kier alpha value is -2.60. The standard InChI is InChI=1S/C21H23N3O2S/c1-5-15-8-10-16(11-9-15)13(2)23-20(25)18-14(3)22-19(24-21(18)27-4)17-7-6-12-26-17/h6-13H,5H2,1-4H3,(H,23,25). The van der Waals surface area contributed by atoms with Crippen LogP contribution in [0.2, 0.25) is 0 Å². The van der Waals surface area contributed by atoms with E-state index in [-0.39, 0.29) is 11.9 Å². The number of furan rings is 1. The van der Waals surface area contributed by atoms with Gasteiger partial charge in [-0.25, -0.2) is 9.97 Å². The number of benzene rings is 1. The van der Waals surface area contributed by atoms with Gasteiger partial charge in [-0.1, -0.05) is 31.2 Å². The summed E-state index contributed by atoms with van der Waals surface area (Å²) in [6.07, 6.45) is 4.48. The van der Waals surface area contributed by atoms with E-state index in [1.165, 1.54) is 17.3 Å². The molecule has 0 saturated heterocycles. The number of aryl methyl sites for hydroxylation is 2. The smallest absolute Gasteiger partial charge is 0.256 e. The predicted octanol–water partition coefficient (Wildman–Crippen LogP) is 4.82. The zero-order valence-corrected chi connectivity index (χ0v) is 16.8. The van der Waals surface area contributed by atoms with E-state index in [0.29, 0.717) is 27.9 Å². The van der Waals surface area contributed by atoms with Crippen LogP contribution in [-0.4, -0.2) is 22.1 Å². The molecule has 1 N–H and O–H groups in total. The molecular formula is C21H23N3O2S. The van der Waals surface area contributed by atoms with Crippen LogP contribution in [0.15, 0.2) is 52.1 Å². The fourth-order valence-corrected chi connectivity index (χ4v) is 3.49. The van der Waals surface area contributed by atoms with Gasteiger partial charge in [0.25, 0.3) is 5.91 Å². The number of carbonyl (C=O) groups excluding carboxylic acids is 1. The highest BCUT2D eigenvalue weighted by molar-refractivity contribution is 7.98. The molecule has 3 aromatic rings. The van der Waals surface area contributed by atoms with Crippen LogP contribution in [0.1, 0.15) is 47.1 Å². The van der Waals surface area contributed by atoms with Gasteiger partial charge in [0, 0.05) is 0 Å². The normalized spacial score (nSPS) is 12.0. The quantitative estimate of drug-likeness (QED) is 0.490. The lowest BCUT2D eigenvalue weighted by atomic mass is 10.0. The number of hydrogen-bond donors (Lipinski definition) is 1. The largest absolute Gasteiger partial charge is 0.461 e. The topological polar surface area (TPSA) is 68.0 Å². The molecule has 5 nitrogen and oxygen atoms in total. The molecule has 2 aromatic heterocycles. The van der Waals surface area contributed by atoms with Crippen molar-refractivity contribution in [2.75, 3.05) is 6.26 Å². The van der Waals surface area contributed by atoms with E-state index >= 15 is 0 Å². The molecule has 0 spiro atoms. The van der Waals surface area contributed by atoms with Gasteiger partial charge < -0.3 is 9.73 Å². The van der Waals surface area contributed by atoms with Crippen molar-refractivity contribution in [2.24, 2.45) is 0 Å². The van der Waals surface area contributed by atoms with Crippen LogP contribution >= 0.6 is 11.8 Å². The molecule has 3 rings (SSSR count). The van der Waals surface area contributed by atoms with Gasteiger partial charge >= 0.3 is 0 Å². The molecule has 6 heteroatoms. The van der Waals surface area contributed by atoms with Crippen molar-refractivity contribution < 1.29 is 9.21 Å². The predicted molar refractivity (Wildman–Crippen MR) is 108 cm³/mol. The molecular weight excluding hydrogens is 358 g/mol. The van der Waals surface area contributed by atoms with Gasteiger partial charge in [0.2, 0.25) is 0 Å². The summed E-state index contributed by atoms with van der Waals surface area (Å²) >= 11 is 1.42. The highest BCUT2D eigenvalue weighted by atomic mass is 32.2. The molecule has 0 aliphatic carbocycles. The molecule has 27 heavy (non-hydrogen) atoms. The highest BCUT2D eigenvalue weighted by Crippen LogP contribution is 2.26. The van der Waals surface area contributed by atoms with Crippen LogP contribution < -0.4 is 5.32 Å². The molecule has 0 aliphatic heterocycles. The summed E-state index contributed by atoms with van der Waals surface area (Å²) in [7, 11) is 0. The summed E-state index contributed by atoms with van der Waals surface area (Å²) < 4.78 is 5.38. The molecule has 1 amide bonds. The van der Waals surface area contributed by atoms with Crippen LogP contribution in [0.3, 0.4) is 0 Å². The summed E-state index contributed by atoms with van der Waals surface area (Å²) in [4.78, 5) is 21.9. The first-order valence-corrected chi connectivity index (χ1v) is 10.1. The Bertz CT molecular complexity index is 921. The van der Waals surface area contributed by atoms with Gasteiger partial charge in [-0.15, -0.1) is 11.8 Å². The van der Waals surface area contributed by atoms with E-state index in [4.69, 9.17) is 4.42 Å². The van der Waals surface area contributed by atoms with Crippen LogP contribution in [0.5, 0.6) is 0 Å². The van der Waals surface area contributed by atoms with Crippen LogP contribution in [0.25, 0.3) is 11.6 Å².